The Bertz CT molecular complexity index is 406. The van der Waals surface area contributed by atoms with Crippen LogP contribution >= 0.6 is 8.03 Å². The molecule has 0 bridgehead atoms. The molecule has 1 N–H and O–H groups in total. The van der Waals surface area contributed by atoms with E-state index in [0.717, 1.165) is 0 Å². The molecule has 0 spiro atoms. The first-order valence-corrected chi connectivity index (χ1v) is 5.64. The van der Waals surface area contributed by atoms with E-state index >= 15 is 0 Å². The largest absolute Gasteiger partial charge is 0.490 e. The molecule has 1 aromatic rings. The number of hydrogen-bond acceptors (Lipinski definition) is 4. The van der Waals surface area contributed by atoms with Crippen LogP contribution in [0.3, 0.4) is 0 Å². The van der Waals surface area contributed by atoms with Crippen molar-refractivity contribution in [3.05, 3.63) is 33.9 Å². The van der Waals surface area contributed by atoms with Crippen LogP contribution in [-0.4, -0.2) is 16.9 Å². The van der Waals surface area contributed by atoms with E-state index in [1.54, 1.807) is 0 Å². The molecule has 0 aliphatic carbocycles. The predicted molar refractivity (Wildman–Crippen MR) is 54.6 cm³/mol. The summed E-state index contributed by atoms with van der Waals surface area (Å²) in [5.74, 6) is 0.0979. The minimum atomic E-state index is -2.62. The molecule has 1 rings (SSSR count). The van der Waals surface area contributed by atoms with Crippen LogP contribution in [-0.2, 0) is 10.7 Å². The fourth-order valence-corrected chi connectivity index (χ4v) is 1.73. The predicted octanol–water partition coefficient (Wildman–Crippen LogP) is 1.57. The highest BCUT2D eigenvalue weighted by atomic mass is 31.1. The summed E-state index contributed by atoms with van der Waals surface area (Å²) in [4.78, 5) is 18.7. The Hall–Kier alpha value is -1.39. The second-order valence-electron chi connectivity index (χ2n) is 2.83. The van der Waals surface area contributed by atoms with Gasteiger partial charge in [-0.25, -0.2) is 0 Å². The van der Waals surface area contributed by atoms with Crippen molar-refractivity contribution >= 4 is 13.7 Å². The number of rotatable bonds is 4. The SMILES string of the molecule is COc1cc(C[PH](=O)O)ccc1[N+](=O)[O-]. The number of methoxy groups -OCH3 is 1. The Morgan fingerprint density at radius 1 is 1.60 bits per heavy atom. The molecular weight excluding hydrogens is 221 g/mol. The van der Waals surface area contributed by atoms with E-state index in [4.69, 9.17) is 9.63 Å². The number of hydrogen-bond donors (Lipinski definition) is 1. The Kier molecular flexibility index (Phi) is 3.82. The summed E-state index contributed by atoms with van der Waals surface area (Å²) < 4.78 is 15.4. The van der Waals surface area contributed by atoms with Gasteiger partial charge in [0.05, 0.1) is 12.0 Å². The zero-order valence-corrected chi connectivity index (χ0v) is 8.97. The molecular formula is C8H10NO5P. The average molecular weight is 231 g/mol. The first kappa shape index (κ1) is 11.7. The summed E-state index contributed by atoms with van der Waals surface area (Å²) in [6.45, 7) is 0. The van der Waals surface area contributed by atoms with E-state index in [0.29, 0.717) is 5.56 Å². The van der Waals surface area contributed by atoms with Crippen molar-refractivity contribution in [1.82, 2.24) is 0 Å². The lowest BCUT2D eigenvalue weighted by molar-refractivity contribution is -0.385. The number of nitrogens with zero attached hydrogens (tertiary/aromatic N) is 1. The lowest BCUT2D eigenvalue weighted by Gasteiger charge is -2.03. The van der Waals surface area contributed by atoms with Gasteiger partial charge in [0.15, 0.2) is 13.8 Å². The van der Waals surface area contributed by atoms with Gasteiger partial charge in [-0.1, -0.05) is 6.07 Å². The van der Waals surface area contributed by atoms with E-state index in [1.807, 2.05) is 0 Å². The molecule has 1 aromatic carbocycles. The second-order valence-corrected chi connectivity index (χ2v) is 3.97. The molecule has 15 heavy (non-hydrogen) atoms. The summed E-state index contributed by atoms with van der Waals surface area (Å²) in [5.41, 5.74) is 0.391. The quantitative estimate of drug-likeness (QED) is 0.482. The highest BCUT2D eigenvalue weighted by molar-refractivity contribution is 7.37. The standard InChI is InChI=1S/C8H10NO5P/c1-14-8-4-6(5-15(12)13)2-3-7(8)9(10)11/h2-4,15H,5H2,1H3,(H,12,13). The molecule has 0 saturated carbocycles. The third kappa shape index (κ3) is 3.04. The summed E-state index contributed by atoms with van der Waals surface area (Å²) in [6.07, 6.45) is -0.000971. The van der Waals surface area contributed by atoms with E-state index in [1.165, 1.54) is 25.3 Å². The molecule has 0 aromatic heterocycles. The third-order valence-corrected chi connectivity index (χ3v) is 2.51. The lowest BCUT2D eigenvalue weighted by Crippen LogP contribution is -1.94. The van der Waals surface area contributed by atoms with Gasteiger partial charge < -0.3 is 9.63 Å². The molecule has 0 aliphatic heterocycles. The summed E-state index contributed by atoms with van der Waals surface area (Å²) >= 11 is 0. The minimum absolute atomic E-state index is 0.000971. The second kappa shape index (κ2) is 4.91. The summed E-state index contributed by atoms with van der Waals surface area (Å²) in [7, 11) is -1.31. The number of ether oxygens (including phenoxy) is 1. The van der Waals surface area contributed by atoms with Crippen LogP contribution in [0.15, 0.2) is 18.2 Å². The van der Waals surface area contributed by atoms with Crippen molar-refractivity contribution in [3.8, 4) is 5.75 Å². The maximum Gasteiger partial charge on any atom is 0.310 e. The Morgan fingerprint density at radius 2 is 2.27 bits per heavy atom. The van der Waals surface area contributed by atoms with Gasteiger partial charge in [-0.3, -0.25) is 14.7 Å². The maximum absolute atomic E-state index is 10.6. The lowest BCUT2D eigenvalue weighted by atomic mass is 10.2. The van der Waals surface area contributed by atoms with Crippen LogP contribution in [0.2, 0.25) is 0 Å². The molecule has 0 amide bonds. The Labute approximate surface area is 86.5 Å². The molecule has 0 saturated heterocycles. The summed E-state index contributed by atoms with van der Waals surface area (Å²) in [5, 5.41) is 10.5. The van der Waals surface area contributed by atoms with Gasteiger partial charge in [0.25, 0.3) is 0 Å². The molecule has 0 heterocycles. The molecule has 1 atom stereocenters. The normalized spacial score (nSPS) is 12.1. The number of benzene rings is 1. The van der Waals surface area contributed by atoms with E-state index in [-0.39, 0.29) is 17.6 Å². The zero-order valence-electron chi connectivity index (χ0n) is 7.97. The smallest absolute Gasteiger partial charge is 0.310 e. The maximum atomic E-state index is 10.6. The molecule has 0 fully saturated rings. The topological polar surface area (TPSA) is 89.7 Å². The number of nitro groups is 1. The van der Waals surface area contributed by atoms with Crippen LogP contribution in [0.5, 0.6) is 5.75 Å². The van der Waals surface area contributed by atoms with Crippen molar-refractivity contribution in [1.29, 1.82) is 0 Å². The van der Waals surface area contributed by atoms with Crippen LogP contribution in [0.1, 0.15) is 5.56 Å². The van der Waals surface area contributed by atoms with Gasteiger partial charge in [-0.2, -0.15) is 0 Å². The van der Waals surface area contributed by atoms with E-state index < -0.39 is 13.0 Å². The minimum Gasteiger partial charge on any atom is -0.490 e. The van der Waals surface area contributed by atoms with Gasteiger partial charge in [-0.15, -0.1) is 0 Å². The molecule has 6 nitrogen and oxygen atoms in total. The average Bonchev–Trinajstić information content (AvgIpc) is 2.16. The van der Waals surface area contributed by atoms with Crippen molar-refractivity contribution in [2.75, 3.05) is 7.11 Å². The highest BCUT2D eigenvalue weighted by Crippen LogP contribution is 2.30. The highest BCUT2D eigenvalue weighted by Gasteiger charge is 2.14. The molecule has 0 aliphatic rings. The van der Waals surface area contributed by atoms with Gasteiger partial charge in [0, 0.05) is 12.2 Å². The van der Waals surface area contributed by atoms with Crippen LogP contribution in [0, 0.1) is 10.1 Å². The zero-order chi connectivity index (χ0) is 11.4. The van der Waals surface area contributed by atoms with E-state index in [9.17, 15) is 14.7 Å². The van der Waals surface area contributed by atoms with E-state index in [2.05, 4.69) is 0 Å². The van der Waals surface area contributed by atoms with Crippen molar-refractivity contribution in [3.63, 3.8) is 0 Å². The monoisotopic (exact) mass is 231 g/mol. The first-order chi connectivity index (χ1) is 7.04. The fourth-order valence-electron chi connectivity index (χ4n) is 1.16. The molecule has 1 unspecified atom stereocenters. The van der Waals surface area contributed by atoms with Crippen LogP contribution in [0.25, 0.3) is 0 Å². The third-order valence-electron chi connectivity index (χ3n) is 1.80. The molecule has 82 valence electrons. The summed E-state index contributed by atoms with van der Waals surface area (Å²) in [6, 6.07) is 4.11. The van der Waals surface area contributed by atoms with Gasteiger partial charge in [0.1, 0.15) is 0 Å². The van der Waals surface area contributed by atoms with Crippen LogP contribution < -0.4 is 4.74 Å². The van der Waals surface area contributed by atoms with Crippen molar-refractivity contribution in [2.24, 2.45) is 0 Å². The van der Waals surface area contributed by atoms with Gasteiger partial charge in [-0.05, 0) is 11.6 Å². The van der Waals surface area contributed by atoms with Gasteiger partial charge >= 0.3 is 5.69 Å². The van der Waals surface area contributed by atoms with Crippen molar-refractivity contribution < 1.29 is 19.1 Å². The number of nitro benzene ring substituents is 1. The van der Waals surface area contributed by atoms with Crippen molar-refractivity contribution in [2.45, 2.75) is 6.16 Å². The molecule has 7 heteroatoms. The Balaban J connectivity index is 3.07. The molecule has 0 radical (unpaired) electrons. The fraction of sp³-hybridized carbons (Fsp3) is 0.250. The van der Waals surface area contributed by atoms with Gasteiger partial charge in [0.2, 0.25) is 0 Å². The Morgan fingerprint density at radius 3 is 2.73 bits per heavy atom. The van der Waals surface area contributed by atoms with Crippen LogP contribution in [0.4, 0.5) is 5.69 Å². The first-order valence-electron chi connectivity index (χ1n) is 4.07.